The van der Waals surface area contributed by atoms with Crippen LogP contribution in [0.25, 0.3) is 0 Å². The number of benzene rings is 1. The molecule has 4 atom stereocenters. The monoisotopic (exact) mass is 281 g/mol. The molecular weight excluding hydrogens is 266 g/mol. The highest BCUT2D eigenvalue weighted by Crippen LogP contribution is 2.31. The van der Waals surface area contributed by atoms with Gasteiger partial charge in [0.25, 0.3) is 5.69 Å². The summed E-state index contributed by atoms with van der Waals surface area (Å²) in [5.41, 5.74) is 0.598. The Morgan fingerprint density at radius 3 is 2.80 bits per heavy atom. The fraction of sp³-hybridized carbons (Fsp3) is 0.538. The van der Waals surface area contributed by atoms with E-state index >= 15 is 0 Å². The van der Waals surface area contributed by atoms with Gasteiger partial charge in [0.1, 0.15) is 24.1 Å². The fourth-order valence-corrected chi connectivity index (χ4v) is 2.63. The van der Waals surface area contributed by atoms with E-state index in [0.717, 1.165) is 0 Å². The second-order valence-corrected chi connectivity index (χ2v) is 5.02. The van der Waals surface area contributed by atoms with Gasteiger partial charge in [-0.2, -0.15) is 0 Å². The molecule has 0 saturated carbocycles. The van der Waals surface area contributed by atoms with Crippen molar-refractivity contribution in [1.82, 2.24) is 0 Å². The zero-order valence-electron chi connectivity index (χ0n) is 10.9. The minimum Gasteiger partial charge on any atom is -0.485 e. The highest BCUT2D eigenvalue weighted by atomic mass is 16.6. The van der Waals surface area contributed by atoms with Gasteiger partial charge in [-0.1, -0.05) is 0 Å². The summed E-state index contributed by atoms with van der Waals surface area (Å²) in [6.07, 6.45) is -1.56. The molecule has 0 aromatic heterocycles. The van der Waals surface area contributed by atoms with Gasteiger partial charge in [-0.05, 0) is 19.1 Å². The number of aliphatic hydroxyl groups is 1. The summed E-state index contributed by atoms with van der Waals surface area (Å²) in [6, 6.07) is 4.60. The second-order valence-electron chi connectivity index (χ2n) is 5.02. The zero-order chi connectivity index (χ0) is 14.3. The number of ether oxygens (including phenoxy) is 3. The van der Waals surface area contributed by atoms with Crippen LogP contribution >= 0.6 is 0 Å². The summed E-state index contributed by atoms with van der Waals surface area (Å²) in [7, 11) is 0. The number of hydrogen-bond acceptors (Lipinski definition) is 6. The molecule has 0 bridgehead atoms. The summed E-state index contributed by atoms with van der Waals surface area (Å²) in [5.74, 6) is 0.535. The van der Waals surface area contributed by atoms with Crippen LogP contribution in [0, 0.1) is 17.0 Å². The number of aryl methyl sites for hydroxylation is 1. The van der Waals surface area contributed by atoms with Gasteiger partial charge >= 0.3 is 0 Å². The molecule has 7 nitrogen and oxygen atoms in total. The zero-order valence-corrected chi connectivity index (χ0v) is 10.9. The Kier molecular flexibility index (Phi) is 3.33. The summed E-state index contributed by atoms with van der Waals surface area (Å²) in [6.45, 7) is 2.24. The van der Waals surface area contributed by atoms with Gasteiger partial charge in [-0.15, -0.1) is 0 Å². The predicted molar refractivity (Wildman–Crippen MR) is 67.7 cm³/mol. The molecule has 3 rings (SSSR count). The number of fused-ring (bicyclic) bond motifs is 1. The molecule has 108 valence electrons. The Morgan fingerprint density at radius 1 is 1.35 bits per heavy atom. The smallest absolute Gasteiger partial charge is 0.272 e. The molecule has 1 aromatic rings. The van der Waals surface area contributed by atoms with Gasteiger partial charge < -0.3 is 19.3 Å². The third kappa shape index (κ3) is 2.24. The Morgan fingerprint density at radius 2 is 2.10 bits per heavy atom. The van der Waals surface area contributed by atoms with Crippen LogP contribution in [0.2, 0.25) is 0 Å². The van der Waals surface area contributed by atoms with Gasteiger partial charge in [0.15, 0.2) is 6.10 Å². The van der Waals surface area contributed by atoms with E-state index in [2.05, 4.69) is 0 Å². The number of nitro benzene ring substituents is 1. The lowest BCUT2D eigenvalue weighted by Gasteiger charge is -2.18. The standard InChI is InChI=1S/C13H15NO6/c1-7-4-8(2-3-9(7)14(16)17)20-11-6-19-12-10(15)5-18-13(11)12/h2-4,10-13,15H,5-6H2,1H3/t10-,11?,12?,13-/m1/s1. The molecule has 1 aromatic carbocycles. The highest BCUT2D eigenvalue weighted by molar-refractivity contribution is 5.44. The van der Waals surface area contributed by atoms with Crippen molar-refractivity contribution >= 4 is 5.69 Å². The first-order chi connectivity index (χ1) is 9.56. The summed E-state index contributed by atoms with van der Waals surface area (Å²) < 4.78 is 16.7. The molecule has 0 amide bonds. The summed E-state index contributed by atoms with van der Waals surface area (Å²) in [5, 5.41) is 20.4. The Labute approximate surface area is 115 Å². The highest BCUT2D eigenvalue weighted by Gasteiger charge is 2.48. The molecule has 20 heavy (non-hydrogen) atoms. The molecule has 2 heterocycles. The first-order valence-corrected chi connectivity index (χ1v) is 6.39. The quantitative estimate of drug-likeness (QED) is 0.651. The van der Waals surface area contributed by atoms with E-state index in [1.54, 1.807) is 19.1 Å². The minimum atomic E-state index is -0.618. The van der Waals surface area contributed by atoms with Crippen molar-refractivity contribution in [2.24, 2.45) is 0 Å². The average Bonchev–Trinajstić information content (AvgIpc) is 2.94. The lowest BCUT2D eigenvalue weighted by atomic mass is 10.1. The van der Waals surface area contributed by atoms with Crippen molar-refractivity contribution < 1.29 is 24.2 Å². The van der Waals surface area contributed by atoms with Crippen LogP contribution in [0.3, 0.4) is 0 Å². The Hall–Kier alpha value is -1.70. The van der Waals surface area contributed by atoms with E-state index in [1.165, 1.54) is 6.07 Å². The van der Waals surface area contributed by atoms with Crippen LogP contribution in [0.5, 0.6) is 5.75 Å². The molecule has 0 aliphatic carbocycles. The molecule has 2 unspecified atom stereocenters. The van der Waals surface area contributed by atoms with Crippen LogP contribution in [0.4, 0.5) is 5.69 Å². The van der Waals surface area contributed by atoms with Gasteiger partial charge in [-0.25, -0.2) is 0 Å². The van der Waals surface area contributed by atoms with E-state index in [9.17, 15) is 15.2 Å². The molecular formula is C13H15NO6. The van der Waals surface area contributed by atoms with Crippen molar-refractivity contribution in [2.75, 3.05) is 13.2 Å². The minimum absolute atomic E-state index is 0.0606. The molecule has 1 N–H and O–H groups in total. The molecule has 2 fully saturated rings. The molecule has 2 aliphatic heterocycles. The SMILES string of the molecule is Cc1cc(OC2COC3[C@@H]2OC[C@H]3O)ccc1[N+](=O)[O-]. The van der Waals surface area contributed by atoms with Gasteiger partial charge in [0, 0.05) is 11.6 Å². The van der Waals surface area contributed by atoms with E-state index in [0.29, 0.717) is 17.9 Å². The number of nitro groups is 1. The van der Waals surface area contributed by atoms with E-state index in [1.807, 2.05) is 0 Å². The van der Waals surface area contributed by atoms with Crippen molar-refractivity contribution in [3.05, 3.63) is 33.9 Å². The number of rotatable bonds is 3. The van der Waals surface area contributed by atoms with E-state index in [-0.39, 0.29) is 30.6 Å². The Balaban J connectivity index is 1.73. The summed E-state index contributed by atoms with van der Waals surface area (Å²) >= 11 is 0. The lowest BCUT2D eigenvalue weighted by molar-refractivity contribution is -0.385. The maximum Gasteiger partial charge on any atom is 0.272 e. The van der Waals surface area contributed by atoms with Crippen LogP contribution in [-0.4, -0.2) is 47.7 Å². The molecule has 2 saturated heterocycles. The van der Waals surface area contributed by atoms with E-state index in [4.69, 9.17) is 14.2 Å². The van der Waals surface area contributed by atoms with Gasteiger partial charge in [-0.3, -0.25) is 10.1 Å². The first kappa shape index (κ1) is 13.3. The molecule has 0 radical (unpaired) electrons. The third-order valence-electron chi connectivity index (χ3n) is 3.63. The van der Waals surface area contributed by atoms with Crippen LogP contribution < -0.4 is 4.74 Å². The van der Waals surface area contributed by atoms with Crippen LogP contribution in [0.15, 0.2) is 18.2 Å². The van der Waals surface area contributed by atoms with Crippen molar-refractivity contribution in [3.8, 4) is 5.75 Å². The average molecular weight is 281 g/mol. The van der Waals surface area contributed by atoms with Crippen molar-refractivity contribution in [2.45, 2.75) is 31.3 Å². The van der Waals surface area contributed by atoms with Gasteiger partial charge in [0.05, 0.1) is 18.1 Å². The van der Waals surface area contributed by atoms with Crippen LogP contribution in [0.1, 0.15) is 5.56 Å². The predicted octanol–water partition coefficient (Wildman–Crippen LogP) is 0.809. The fourth-order valence-electron chi connectivity index (χ4n) is 2.63. The normalized spacial score (nSPS) is 32.1. The van der Waals surface area contributed by atoms with Crippen LogP contribution in [-0.2, 0) is 9.47 Å². The van der Waals surface area contributed by atoms with Crippen molar-refractivity contribution in [3.63, 3.8) is 0 Å². The maximum atomic E-state index is 10.8. The third-order valence-corrected chi connectivity index (χ3v) is 3.63. The van der Waals surface area contributed by atoms with E-state index < -0.39 is 11.0 Å². The Bertz CT molecular complexity index is 534. The lowest BCUT2D eigenvalue weighted by Crippen LogP contribution is -2.34. The number of aliphatic hydroxyl groups excluding tert-OH is 1. The largest absolute Gasteiger partial charge is 0.485 e. The maximum absolute atomic E-state index is 10.8. The topological polar surface area (TPSA) is 91.1 Å². The second kappa shape index (κ2) is 5.01. The molecule has 7 heteroatoms. The van der Waals surface area contributed by atoms with Gasteiger partial charge in [0.2, 0.25) is 0 Å². The number of hydrogen-bond donors (Lipinski definition) is 1. The molecule has 2 aliphatic rings. The van der Waals surface area contributed by atoms with Crippen molar-refractivity contribution in [1.29, 1.82) is 0 Å². The molecule has 0 spiro atoms. The first-order valence-electron chi connectivity index (χ1n) is 6.39. The number of nitrogens with zero attached hydrogens (tertiary/aromatic N) is 1. The summed E-state index contributed by atoms with van der Waals surface area (Å²) in [4.78, 5) is 10.3.